The molecule has 0 radical (unpaired) electrons. The van der Waals surface area contributed by atoms with Crippen LogP contribution in [0.1, 0.15) is 37.5 Å². The van der Waals surface area contributed by atoms with Gasteiger partial charge in [-0.05, 0) is 31.0 Å². The van der Waals surface area contributed by atoms with Crippen molar-refractivity contribution in [1.82, 2.24) is 25.4 Å². The predicted octanol–water partition coefficient (Wildman–Crippen LogP) is 2.80. The van der Waals surface area contributed by atoms with Gasteiger partial charge in [0.25, 0.3) is 0 Å². The van der Waals surface area contributed by atoms with Gasteiger partial charge in [-0.2, -0.15) is 5.10 Å². The number of hydrogen-bond acceptors (Lipinski definition) is 3. The molecule has 1 aromatic heterocycles. The number of aryl methyl sites for hydroxylation is 2. The number of aromatic nitrogens is 3. The summed E-state index contributed by atoms with van der Waals surface area (Å²) in [6.07, 6.45) is 1.90. The summed E-state index contributed by atoms with van der Waals surface area (Å²) in [5.41, 5.74) is 0.739. The van der Waals surface area contributed by atoms with E-state index in [1.54, 1.807) is 19.2 Å². The Morgan fingerprint density at radius 2 is 2.19 bits per heavy atom. The number of benzene rings is 1. The number of rotatable bonds is 4. The maximum Gasteiger partial charge on any atom is 0.191 e. The molecule has 6 nitrogen and oxygen atoms in total. The molecule has 0 spiro atoms. The Balaban J connectivity index is 0.00000261. The van der Waals surface area contributed by atoms with Gasteiger partial charge in [-0.25, -0.2) is 14.1 Å². The summed E-state index contributed by atoms with van der Waals surface area (Å²) in [6.45, 7) is 7.53. The zero-order chi connectivity index (χ0) is 18.7. The third kappa shape index (κ3) is 5.40. The first kappa shape index (κ1) is 21.6. The maximum absolute atomic E-state index is 13.5. The second-order valence-corrected chi connectivity index (χ2v) is 7.46. The molecule has 8 heteroatoms. The predicted molar refractivity (Wildman–Crippen MR) is 116 cm³/mol. The fourth-order valence-corrected chi connectivity index (χ4v) is 3.26. The first-order valence-corrected chi connectivity index (χ1v) is 9.01. The standard InChI is InChI=1S/C19H27FN6.HI/c1-13-23-17-9-8-16(11-26(17)25-13)24-18(21-4)22-12-19(2,3)14-6-5-7-15(20)10-14;/h5-7,10,16H,8-9,11-12H2,1-4H3,(H2,21,22,24);1H. The molecular weight excluding hydrogens is 458 g/mol. The normalized spacial score (nSPS) is 17.1. The maximum atomic E-state index is 13.5. The lowest BCUT2D eigenvalue weighted by molar-refractivity contribution is 0.390. The molecule has 0 fully saturated rings. The molecule has 148 valence electrons. The Morgan fingerprint density at radius 3 is 2.89 bits per heavy atom. The average Bonchev–Trinajstić information content (AvgIpc) is 2.98. The lowest BCUT2D eigenvalue weighted by Gasteiger charge is -2.29. The molecule has 2 heterocycles. The van der Waals surface area contributed by atoms with Crippen LogP contribution in [0.2, 0.25) is 0 Å². The van der Waals surface area contributed by atoms with Crippen LogP contribution < -0.4 is 10.6 Å². The molecule has 3 rings (SSSR count). The number of nitrogens with one attached hydrogen (secondary N) is 2. The van der Waals surface area contributed by atoms with Crippen LogP contribution in [0, 0.1) is 12.7 Å². The van der Waals surface area contributed by atoms with Crippen molar-refractivity contribution in [3.63, 3.8) is 0 Å². The summed E-state index contributed by atoms with van der Waals surface area (Å²) in [5.74, 6) is 2.41. The fraction of sp³-hybridized carbons (Fsp3) is 0.526. The number of guanidine groups is 1. The smallest absolute Gasteiger partial charge is 0.191 e. The van der Waals surface area contributed by atoms with Gasteiger partial charge in [-0.15, -0.1) is 24.0 Å². The molecule has 1 aliphatic heterocycles. The molecule has 0 amide bonds. The van der Waals surface area contributed by atoms with E-state index in [-0.39, 0.29) is 41.3 Å². The van der Waals surface area contributed by atoms with Crippen molar-refractivity contribution in [3.8, 4) is 0 Å². The van der Waals surface area contributed by atoms with Crippen molar-refractivity contribution in [3.05, 3.63) is 47.3 Å². The Bertz CT molecular complexity index is 801. The van der Waals surface area contributed by atoms with E-state index in [0.717, 1.165) is 42.6 Å². The van der Waals surface area contributed by atoms with Crippen molar-refractivity contribution < 1.29 is 4.39 Å². The monoisotopic (exact) mass is 486 g/mol. The number of halogens is 2. The summed E-state index contributed by atoms with van der Waals surface area (Å²) in [6, 6.07) is 7.02. The van der Waals surface area contributed by atoms with E-state index in [2.05, 4.69) is 39.6 Å². The third-order valence-electron chi connectivity index (χ3n) is 4.83. The Kier molecular flexibility index (Phi) is 7.19. The van der Waals surface area contributed by atoms with Gasteiger partial charge in [-0.3, -0.25) is 4.99 Å². The first-order valence-electron chi connectivity index (χ1n) is 9.01. The van der Waals surface area contributed by atoms with E-state index >= 15 is 0 Å². The van der Waals surface area contributed by atoms with Crippen LogP contribution in [-0.4, -0.2) is 40.4 Å². The van der Waals surface area contributed by atoms with Gasteiger partial charge in [0.1, 0.15) is 17.5 Å². The van der Waals surface area contributed by atoms with Crippen molar-refractivity contribution in [2.75, 3.05) is 13.6 Å². The van der Waals surface area contributed by atoms with Crippen molar-refractivity contribution in [2.45, 2.75) is 51.6 Å². The largest absolute Gasteiger partial charge is 0.356 e. The third-order valence-corrected chi connectivity index (χ3v) is 4.83. The second kappa shape index (κ2) is 8.99. The SMILES string of the molecule is CN=C(NCC(C)(C)c1cccc(F)c1)NC1CCc2nc(C)nn2C1.I. The van der Waals surface area contributed by atoms with Gasteiger partial charge in [0.05, 0.1) is 6.54 Å². The number of nitrogens with zero attached hydrogens (tertiary/aromatic N) is 4. The second-order valence-electron chi connectivity index (χ2n) is 7.46. The molecule has 0 bridgehead atoms. The zero-order valence-electron chi connectivity index (χ0n) is 16.3. The summed E-state index contributed by atoms with van der Waals surface area (Å²) in [7, 11) is 1.76. The Morgan fingerprint density at radius 1 is 1.41 bits per heavy atom. The van der Waals surface area contributed by atoms with E-state index < -0.39 is 0 Å². The van der Waals surface area contributed by atoms with Crippen LogP contribution >= 0.6 is 24.0 Å². The molecule has 1 unspecified atom stereocenters. The summed E-state index contributed by atoms with van der Waals surface area (Å²) in [5, 5.41) is 11.3. The van der Waals surface area contributed by atoms with Gasteiger partial charge in [0, 0.05) is 31.5 Å². The van der Waals surface area contributed by atoms with Crippen molar-refractivity contribution >= 4 is 29.9 Å². The van der Waals surface area contributed by atoms with Crippen LogP contribution in [0.5, 0.6) is 0 Å². The van der Waals surface area contributed by atoms with E-state index in [4.69, 9.17) is 0 Å². The quantitative estimate of drug-likeness (QED) is 0.397. The molecular formula is C19H28FIN6. The minimum atomic E-state index is -0.220. The molecule has 2 N–H and O–H groups in total. The van der Waals surface area contributed by atoms with Gasteiger partial charge < -0.3 is 10.6 Å². The topological polar surface area (TPSA) is 67.1 Å². The van der Waals surface area contributed by atoms with Crippen LogP contribution in [0.3, 0.4) is 0 Å². The van der Waals surface area contributed by atoms with E-state index in [9.17, 15) is 4.39 Å². The lowest BCUT2D eigenvalue weighted by atomic mass is 9.84. The molecule has 27 heavy (non-hydrogen) atoms. The first-order chi connectivity index (χ1) is 12.4. The molecule has 0 saturated carbocycles. The number of hydrogen-bond donors (Lipinski definition) is 2. The van der Waals surface area contributed by atoms with Crippen molar-refractivity contribution in [1.29, 1.82) is 0 Å². The van der Waals surface area contributed by atoms with E-state index in [1.807, 2.05) is 17.7 Å². The van der Waals surface area contributed by atoms with Crippen LogP contribution in [0.15, 0.2) is 29.3 Å². The minimum absolute atomic E-state index is 0. The average molecular weight is 486 g/mol. The molecule has 1 aromatic carbocycles. The molecule has 2 aromatic rings. The molecule has 0 saturated heterocycles. The highest BCUT2D eigenvalue weighted by Gasteiger charge is 2.24. The Hall–Kier alpha value is -1.71. The molecule has 1 atom stereocenters. The summed E-state index contributed by atoms with van der Waals surface area (Å²) in [4.78, 5) is 8.77. The van der Waals surface area contributed by atoms with E-state index in [1.165, 1.54) is 6.07 Å². The van der Waals surface area contributed by atoms with Gasteiger partial charge >= 0.3 is 0 Å². The summed E-state index contributed by atoms with van der Waals surface area (Å²) < 4.78 is 15.5. The minimum Gasteiger partial charge on any atom is -0.356 e. The highest BCUT2D eigenvalue weighted by molar-refractivity contribution is 14.0. The van der Waals surface area contributed by atoms with Gasteiger partial charge in [0.2, 0.25) is 0 Å². The lowest BCUT2D eigenvalue weighted by Crippen LogP contribution is -2.49. The van der Waals surface area contributed by atoms with Crippen LogP contribution in [-0.2, 0) is 18.4 Å². The van der Waals surface area contributed by atoms with Crippen LogP contribution in [0.25, 0.3) is 0 Å². The highest BCUT2D eigenvalue weighted by atomic mass is 127. The highest BCUT2D eigenvalue weighted by Crippen LogP contribution is 2.22. The fourth-order valence-electron chi connectivity index (χ4n) is 3.26. The molecule has 1 aliphatic rings. The Labute approximate surface area is 177 Å². The molecule has 0 aliphatic carbocycles. The zero-order valence-corrected chi connectivity index (χ0v) is 18.6. The number of fused-ring (bicyclic) bond motifs is 1. The van der Waals surface area contributed by atoms with E-state index in [0.29, 0.717) is 6.54 Å². The van der Waals surface area contributed by atoms with Crippen LogP contribution in [0.4, 0.5) is 4.39 Å². The van der Waals surface area contributed by atoms with Gasteiger partial charge in [-0.1, -0.05) is 26.0 Å². The van der Waals surface area contributed by atoms with Gasteiger partial charge in [0.15, 0.2) is 5.96 Å². The van der Waals surface area contributed by atoms with Crippen molar-refractivity contribution in [2.24, 2.45) is 4.99 Å². The summed E-state index contributed by atoms with van der Waals surface area (Å²) >= 11 is 0. The number of aliphatic imine (C=N–C) groups is 1.